The number of anilines is 1. The molecule has 3 atom stereocenters. The molecule has 2 aromatic rings. The number of aliphatic carboxylic acids is 1. The van der Waals surface area contributed by atoms with Gasteiger partial charge in [-0.2, -0.15) is 0 Å². The van der Waals surface area contributed by atoms with Crippen molar-refractivity contribution in [2.24, 2.45) is 4.99 Å². The monoisotopic (exact) mass is 599 g/mol. The number of carbonyl (C=O) groups is 3. The zero-order valence-corrected chi connectivity index (χ0v) is 22.2. The van der Waals surface area contributed by atoms with E-state index in [1.807, 2.05) is 0 Å². The minimum Gasteiger partial charge on any atom is -0.508 e. The fraction of sp³-hybridized carbons (Fsp3) is 0.273. The number of phenols is 2. The van der Waals surface area contributed by atoms with E-state index in [1.54, 1.807) is 0 Å². The zero-order valence-electron chi connectivity index (χ0n) is 18.7. The van der Waals surface area contributed by atoms with Crippen LogP contribution in [0.4, 0.5) is 5.69 Å². The summed E-state index contributed by atoms with van der Waals surface area (Å²) in [7, 11) is 2.68. The Morgan fingerprint density at radius 3 is 2.64 bits per heavy atom. The molecule has 2 amide bonds. The van der Waals surface area contributed by atoms with Gasteiger partial charge in [-0.3, -0.25) is 19.4 Å². The molecule has 11 nitrogen and oxygen atoms in total. The van der Waals surface area contributed by atoms with Crippen molar-refractivity contribution in [1.29, 1.82) is 0 Å². The lowest BCUT2D eigenvalue weighted by atomic mass is 10.0. The van der Waals surface area contributed by atoms with E-state index in [9.17, 15) is 29.7 Å². The Bertz CT molecular complexity index is 1210. The number of halogens is 2. The molecule has 7 N–H and O–H groups in total. The summed E-state index contributed by atoms with van der Waals surface area (Å²) in [5, 5.41) is 40.5. The lowest BCUT2D eigenvalue weighted by molar-refractivity contribution is -0.137. The largest absolute Gasteiger partial charge is 0.508 e. The fourth-order valence-electron chi connectivity index (χ4n) is 3.36. The minimum absolute atomic E-state index is 0.0200. The number of hydrogen-bond donors (Lipinski definition) is 7. The van der Waals surface area contributed by atoms with Crippen molar-refractivity contribution in [1.82, 2.24) is 16.0 Å². The van der Waals surface area contributed by atoms with Crippen LogP contribution >= 0.6 is 36.8 Å². The quantitative estimate of drug-likeness (QED) is 0.226. The minimum atomic E-state index is -1.22. The molecular weight excluding hydrogens is 577 g/mol. The highest BCUT2D eigenvalue weighted by Crippen LogP contribution is 2.36. The highest BCUT2D eigenvalue weighted by atomic mass is 79.9. The fourth-order valence-corrected chi connectivity index (χ4v) is 4.42. The molecule has 1 heterocycles. The van der Waals surface area contributed by atoms with Gasteiger partial charge in [-0.05, 0) is 24.3 Å². The van der Waals surface area contributed by atoms with Crippen LogP contribution in [0.1, 0.15) is 28.4 Å². The van der Waals surface area contributed by atoms with Gasteiger partial charge in [-0.25, -0.2) is 0 Å². The van der Waals surface area contributed by atoms with Crippen LogP contribution in [-0.4, -0.2) is 64.4 Å². The highest BCUT2D eigenvalue weighted by molar-refractivity contribution is 9.10. The molecule has 2 unspecified atom stereocenters. The number of aliphatic imine (C=N–C) groups is 1. The third kappa shape index (κ3) is 7.71. The lowest BCUT2D eigenvalue weighted by Gasteiger charge is -2.21. The molecular formula is C22H24BrClN5O6P. The van der Waals surface area contributed by atoms with E-state index in [1.165, 1.54) is 30.3 Å². The van der Waals surface area contributed by atoms with Crippen LogP contribution in [0.5, 0.6) is 11.5 Å². The summed E-state index contributed by atoms with van der Waals surface area (Å²) in [6, 6.07) is 5.91. The number of rotatable bonds is 8. The predicted molar refractivity (Wildman–Crippen MR) is 142 cm³/mol. The Kier molecular flexibility index (Phi) is 9.36. The normalized spacial score (nSPS) is 15.8. The average Bonchev–Trinajstić information content (AvgIpc) is 2.80. The molecule has 0 saturated carbocycles. The highest BCUT2D eigenvalue weighted by Gasteiger charge is 2.23. The summed E-state index contributed by atoms with van der Waals surface area (Å²) in [4.78, 5) is 40.8. The van der Waals surface area contributed by atoms with Crippen LogP contribution in [0, 0.1) is 0 Å². The van der Waals surface area contributed by atoms with Gasteiger partial charge >= 0.3 is 5.97 Å². The van der Waals surface area contributed by atoms with E-state index >= 15 is 0 Å². The third-order valence-electron chi connectivity index (χ3n) is 5.01. The van der Waals surface area contributed by atoms with Crippen molar-refractivity contribution in [3.63, 3.8) is 0 Å². The molecule has 0 radical (unpaired) electrons. The maximum atomic E-state index is 12.6. The Balaban J connectivity index is 1.66. The second-order valence-electron chi connectivity index (χ2n) is 7.95. The first-order valence-electron chi connectivity index (χ1n) is 10.6. The summed E-state index contributed by atoms with van der Waals surface area (Å²) < 4.78 is 0.481. The Morgan fingerprint density at radius 2 is 1.97 bits per heavy atom. The maximum Gasteiger partial charge on any atom is 0.305 e. The number of aromatic hydroxyl groups is 2. The average molecular weight is 601 g/mol. The lowest BCUT2D eigenvalue weighted by Crippen LogP contribution is -2.40. The van der Waals surface area contributed by atoms with Gasteiger partial charge in [0.05, 0.1) is 30.6 Å². The van der Waals surface area contributed by atoms with Gasteiger partial charge in [0.25, 0.3) is 5.91 Å². The molecule has 3 rings (SSSR count). The topological polar surface area (TPSA) is 172 Å². The molecule has 192 valence electrons. The van der Waals surface area contributed by atoms with Crippen molar-refractivity contribution >= 4 is 66.2 Å². The van der Waals surface area contributed by atoms with Crippen LogP contribution in [0.15, 0.2) is 39.8 Å². The van der Waals surface area contributed by atoms with E-state index in [0.29, 0.717) is 34.9 Å². The number of carboxylic acid groups (broad SMARTS) is 1. The molecule has 0 aliphatic carbocycles. The standard InChI is InChI=1S/C22H24BrClN5O6P/c23-11-3-15(20(34)16(24)4-11)17(6-19(32)33)29-18(31)9-25-21(35)10-1-12(5-13(30)2-10)28-22-26-7-14(36)8-27-22/h1-5,14,17,30,34H,6-9,36H2,(H,25,35)(H,29,31)(H,32,33)(H2,26,27,28)/t17-/m1/s1. The number of phenolic OH excluding ortho intramolecular Hbond substituents is 2. The third-order valence-corrected chi connectivity index (χ3v) is 6.21. The van der Waals surface area contributed by atoms with E-state index in [4.69, 9.17) is 11.6 Å². The van der Waals surface area contributed by atoms with Gasteiger partial charge in [0.15, 0.2) is 5.96 Å². The first-order valence-corrected chi connectivity index (χ1v) is 12.5. The molecule has 1 aliphatic rings. The van der Waals surface area contributed by atoms with Crippen LogP contribution < -0.4 is 21.3 Å². The van der Waals surface area contributed by atoms with Gasteiger partial charge in [-0.15, -0.1) is 9.24 Å². The van der Waals surface area contributed by atoms with Crippen molar-refractivity contribution in [3.8, 4) is 11.5 Å². The van der Waals surface area contributed by atoms with E-state index in [-0.39, 0.29) is 27.6 Å². The smallest absolute Gasteiger partial charge is 0.305 e. The molecule has 0 fully saturated rings. The van der Waals surface area contributed by atoms with Gasteiger partial charge < -0.3 is 36.6 Å². The first-order chi connectivity index (χ1) is 17.0. The molecule has 0 spiro atoms. The predicted octanol–water partition coefficient (Wildman–Crippen LogP) is 2.19. The molecule has 14 heteroatoms. The second kappa shape index (κ2) is 12.2. The van der Waals surface area contributed by atoms with Crippen molar-refractivity contribution in [3.05, 3.63) is 51.0 Å². The number of carbonyl (C=O) groups excluding carboxylic acids is 2. The van der Waals surface area contributed by atoms with E-state index in [2.05, 4.69) is 51.4 Å². The molecule has 0 bridgehead atoms. The van der Waals surface area contributed by atoms with Crippen molar-refractivity contribution in [2.45, 2.75) is 18.1 Å². The van der Waals surface area contributed by atoms with Crippen molar-refractivity contribution in [2.75, 3.05) is 25.0 Å². The summed E-state index contributed by atoms with van der Waals surface area (Å²) in [6.07, 6.45) is -0.531. The summed E-state index contributed by atoms with van der Waals surface area (Å²) in [5.74, 6) is -2.58. The van der Waals surface area contributed by atoms with Gasteiger partial charge in [0.2, 0.25) is 5.91 Å². The number of amides is 2. The van der Waals surface area contributed by atoms with E-state index < -0.39 is 36.8 Å². The number of nitrogens with zero attached hydrogens (tertiary/aromatic N) is 1. The zero-order chi connectivity index (χ0) is 26.4. The van der Waals surface area contributed by atoms with E-state index in [0.717, 1.165) is 0 Å². The molecule has 36 heavy (non-hydrogen) atoms. The SMILES string of the molecule is O=C(O)C[C@@H](NC(=O)CNC(=O)c1cc(O)cc(NC2=NCC(P)CN2)c1)c1cc(Br)cc(Cl)c1O. The Morgan fingerprint density at radius 1 is 1.22 bits per heavy atom. The van der Waals surface area contributed by atoms with Crippen LogP contribution in [0.25, 0.3) is 0 Å². The van der Waals surface area contributed by atoms with Gasteiger partial charge in [0, 0.05) is 39.6 Å². The molecule has 1 aliphatic heterocycles. The Labute approximate surface area is 222 Å². The molecule has 2 aromatic carbocycles. The number of benzene rings is 2. The van der Waals surface area contributed by atoms with Crippen LogP contribution in [0.3, 0.4) is 0 Å². The number of guanidine groups is 1. The summed E-state index contributed by atoms with van der Waals surface area (Å²) in [5.41, 5.74) is 0.921. The Hall–Kier alpha value is -3.08. The number of hydrogen-bond acceptors (Lipinski definition) is 8. The maximum absolute atomic E-state index is 12.6. The summed E-state index contributed by atoms with van der Waals surface area (Å²) >= 11 is 9.18. The van der Waals surface area contributed by atoms with Gasteiger partial charge in [-0.1, -0.05) is 27.5 Å². The molecule has 0 aromatic heterocycles. The van der Waals surface area contributed by atoms with Crippen LogP contribution in [0.2, 0.25) is 5.02 Å². The van der Waals surface area contributed by atoms with Gasteiger partial charge in [0.1, 0.15) is 11.5 Å². The summed E-state index contributed by atoms with van der Waals surface area (Å²) in [6.45, 7) is 0.818. The second-order valence-corrected chi connectivity index (χ2v) is 10.2. The molecule has 0 saturated heterocycles. The first kappa shape index (κ1) is 27.5. The number of nitrogens with one attached hydrogen (secondary N) is 4. The van der Waals surface area contributed by atoms with Crippen molar-refractivity contribution < 1.29 is 29.7 Å². The van der Waals surface area contributed by atoms with Crippen LogP contribution in [-0.2, 0) is 9.59 Å². The number of carboxylic acids is 1.